The van der Waals surface area contributed by atoms with E-state index < -0.39 is 30.3 Å². The minimum atomic E-state index is -1.24. The average Bonchev–Trinajstić information content (AvgIpc) is 3.18. The maximum atomic E-state index is 16.0. The summed E-state index contributed by atoms with van der Waals surface area (Å²) in [5, 5.41) is 15.1. The van der Waals surface area contributed by atoms with E-state index in [1.807, 2.05) is 0 Å². The summed E-state index contributed by atoms with van der Waals surface area (Å²) in [5.41, 5.74) is 8.39. The largest absolute Gasteiger partial charge is 0.459 e. The average molecular weight is 506 g/mol. The minimum Gasteiger partial charge on any atom is -0.459 e. The van der Waals surface area contributed by atoms with Gasteiger partial charge in [0, 0.05) is 24.2 Å². The third-order valence-corrected chi connectivity index (χ3v) is 11.4. The van der Waals surface area contributed by atoms with Gasteiger partial charge in [-0.3, -0.25) is 9.59 Å². The molecule has 8 heteroatoms. The highest BCUT2D eigenvalue weighted by Crippen LogP contribution is 2.69. The number of rotatable bonds is 6. The highest BCUT2D eigenvalue weighted by molar-refractivity contribution is 5.76. The molecule has 4 aliphatic carbocycles. The Hall–Kier alpha value is -1.66. The molecule has 4 saturated carbocycles. The van der Waals surface area contributed by atoms with Gasteiger partial charge in [-0.25, -0.2) is 4.39 Å². The first kappa shape index (κ1) is 27.4. The van der Waals surface area contributed by atoms with Crippen LogP contribution < -0.4 is 0 Å². The van der Waals surface area contributed by atoms with Crippen molar-refractivity contribution in [1.29, 1.82) is 0 Å². The van der Waals surface area contributed by atoms with Crippen molar-refractivity contribution in [3.63, 3.8) is 0 Å². The molecule has 0 aromatic heterocycles. The number of azide groups is 1. The van der Waals surface area contributed by atoms with Gasteiger partial charge in [-0.1, -0.05) is 34.1 Å². The first-order chi connectivity index (χ1) is 17.0. The zero-order valence-electron chi connectivity index (χ0n) is 22.5. The summed E-state index contributed by atoms with van der Waals surface area (Å²) in [7, 11) is 0. The van der Waals surface area contributed by atoms with Crippen LogP contribution in [0.2, 0.25) is 0 Å². The molecule has 4 aliphatic rings. The molecule has 0 aliphatic heterocycles. The van der Waals surface area contributed by atoms with Crippen LogP contribution >= 0.6 is 0 Å². The molecule has 0 radical (unpaired) electrons. The van der Waals surface area contributed by atoms with Gasteiger partial charge >= 0.3 is 5.97 Å². The van der Waals surface area contributed by atoms with Gasteiger partial charge in [-0.15, -0.1) is 0 Å². The number of fused-ring (bicyclic) bond motifs is 5. The first-order valence-electron chi connectivity index (χ1n) is 14.1. The lowest BCUT2D eigenvalue weighted by molar-refractivity contribution is -0.226. The van der Waals surface area contributed by atoms with Gasteiger partial charge in [0.25, 0.3) is 0 Å². The summed E-state index contributed by atoms with van der Waals surface area (Å²) in [6, 6.07) is 0. The van der Waals surface area contributed by atoms with Crippen LogP contribution in [-0.4, -0.2) is 35.4 Å². The van der Waals surface area contributed by atoms with Crippen molar-refractivity contribution < 1.29 is 23.8 Å². The zero-order valence-corrected chi connectivity index (χ0v) is 22.5. The Labute approximate surface area is 214 Å². The highest BCUT2D eigenvalue weighted by Gasteiger charge is 2.67. The summed E-state index contributed by atoms with van der Waals surface area (Å²) in [5.74, 6) is 0.282. The lowest BCUT2D eigenvalue weighted by Crippen LogP contribution is -2.65. The molecule has 0 bridgehead atoms. The Morgan fingerprint density at radius 3 is 2.47 bits per heavy atom. The van der Waals surface area contributed by atoms with Crippen molar-refractivity contribution in [1.82, 2.24) is 0 Å². The smallest absolute Gasteiger partial charge is 0.303 e. The fourth-order valence-corrected chi connectivity index (χ4v) is 9.93. The molecule has 0 aromatic rings. The van der Waals surface area contributed by atoms with E-state index in [-0.39, 0.29) is 40.9 Å². The van der Waals surface area contributed by atoms with Crippen molar-refractivity contribution in [2.45, 2.75) is 111 Å². The standard InChI is InChI=1S/C28H44FN3O4/c1-6-17-24-25(29)21(36-16(3)33)12-14-28(24,5)20-11-13-27(4)18(8-9-19(27)23(20)26(17)35)15(2)7-10-22(34)31-32-30/h15,17-21,23-26,35H,6-14H2,1-5H3/t15-,17-,18?,19?,20?,21-,23?,24-,25+,26-,27-,28-/m1/s1. The molecular formula is C28H44FN3O4. The molecule has 1 N–H and O–H groups in total. The molecule has 4 rings (SSSR count). The van der Waals surface area contributed by atoms with Gasteiger partial charge in [-0.2, -0.15) is 0 Å². The fourth-order valence-electron chi connectivity index (χ4n) is 9.93. The van der Waals surface area contributed by atoms with Crippen LogP contribution in [0.5, 0.6) is 0 Å². The van der Waals surface area contributed by atoms with Crippen molar-refractivity contribution in [3.05, 3.63) is 10.4 Å². The molecule has 0 spiro atoms. The Kier molecular flexibility index (Phi) is 7.79. The van der Waals surface area contributed by atoms with Gasteiger partial charge in [0.2, 0.25) is 5.91 Å². The molecular weight excluding hydrogens is 461 g/mol. The maximum absolute atomic E-state index is 16.0. The van der Waals surface area contributed by atoms with Gasteiger partial charge in [0.1, 0.15) is 12.3 Å². The number of aliphatic hydroxyl groups excluding tert-OH is 1. The van der Waals surface area contributed by atoms with Crippen LogP contribution in [0.15, 0.2) is 5.11 Å². The molecule has 0 aromatic carbocycles. The summed E-state index contributed by atoms with van der Waals surface area (Å²) in [4.78, 5) is 26.0. The molecule has 7 nitrogen and oxygen atoms in total. The van der Waals surface area contributed by atoms with Crippen molar-refractivity contribution >= 4 is 11.9 Å². The van der Waals surface area contributed by atoms with E-state index in [1.165, 1.54) is 6.92 Å². The van der Waals surface area contributed by atoms with E-state index >= 15 is 4.39 Å². The third-order valence-electron chi connectivity index (χ3n) is 11.4. The van der Waals surface area contributed by atoms with Crippen LogP contribution in [0.4, 0.5) is 4.39 Å². The number of aliphatic hydroxyl groups is 1. The van der Waals surface area contributed by atoms with E-state index in [0.717, 1.165) is 32.1 Å². The Morgan fingerprint density at radius 1 is 1.17 bits per heavy atom. The second kappa shape index (κ2) is 10.2. The van der Waals surface area contributed by atoms with Crippen molar-refractivity contribution in [2.75, 3.05) is 0 Å². The van der Waals surface area contributed by atoms with E-state index in [2.05, 4.69) is 37.7 Å². The number of hydrogen-bond acceptors (Lipinski definition) is 4. The van der Waals surface area contributed by atoms with Crippen LogP contribution in [0.25, 0.3) is 10.4 Å². The number of halogens is 1. The molecule has 4 fully saturated rings. The number of carbonyl (C=O) groups excluding carboxylic acids is 2. The van der Waals surface area contributed by atoms with E-state index in [9.17, 15) is 14.7 Å². The molecule has 1 amide bonds. The number of ether oxygens (including phenoxy) is 1. The lowest BCUT2D eigenvalue weighted by Gasteiger charge is -2.65. The Balaban J connectivity index is 1.58. The lowest BCUT2D eigenvalue weighted by atomic mass is 9.41. The number of amides is 1. The molecule has 202 valence electrons. The Morgan fingerprint density at radius 2 is 1.83 bits per heavy atom. The summed E-state index contributed by atoms with van der Waals surface area (Å²) in [6.45, 7) is 10.2. The monoisotopic (exact) mass is 505 g/mol. The number of hydrogen-bond donors (Lipinski definition) is 1. The predicted molar refractivity (Wildman–Crippen MR) is 134 cm³/mol. The number of alkyl halides is 1. The normalized spacial score (nSPS) is 46.5. The van der Waals surface area contributed by atoms with Crippen LogP contribution in [-0.2, 0) is 14.3 Å². The van der Waals surface area contributed by atoms with E-state index in [4.69, 9.17) is 10.3 Å². The molecule has 4 unspecified atom stereocenters. The first-order valence-corrected chi connectivity index (χ1v) is 14.1. The fraction of sp³-hybridized carbons (Fsp3) is 0.929. The highest BCUT2D eigenvalue weighted by atomic mass is 19.1. The number of carbonyl (C=O) groups is 2. The topological polar surface area (TPSA) is 112 Å². The Bertz CT molecular complexity index is 909. The van der Waals surface area contributed by atoms with E-state index in [0.29, 0.717) is 37.0 Å². The summed E-state index contributed by atoms with van der Waals surface area (Å²) >= 11 is 0. The van der Waals surface area contributed by atoms with Crippen LogP contribution in [0.3, 0.4) is 0 Å². The quantitative estimate of drug-likeness (QED) is 0.195. The van der Waals surface area contributed by atoms with Gasteiger partial charge in [0.05, 0.1) is 6.10 Å². The van der Waals surface area contributed by atoms with Crippen LogP contribution in [0, 0.1) is 52.3 Å². The van der Waals surface area contributed by atoms with Gasteiger partial charge in [0.15, 0.2) is 0 Å². The number of esters is 1. The SMILES string of the molecule is CC[C@@H]1[C@@H]2[C@@H](F)[C@H](OC(C)=O)CC[C@]2(C)C2CC[C@@]3(C)C(CCC3[C@H](C)CCC(=O)N=[N+]=[N-])C2[C@@H]1O. The van der Waals surface area contributed by atoms with Crippen molar-refractivity contribution in [3.8, 4) is 0 Å². The van der Waals surface area contributed by atoms with Gasteiger partial charge in [-0.05, 0) is 102 Å². The third kappa shape index (κ3) is 4.36. The zero-order chi connectivity index (χ0) is 26.4. The molecule has 12 atom stereocenters. The van der Waals surface area contributed by atoms with Crippen molar-refractivity contribution in [2.24, 2.45) is 57.4 Å². The minimum absolute atomic E-state index is 0.0780. The second-order valence-electron chi connectivity index (χ2n) is 12.8. The molecule has 36 heavy (non-hydrogen) atoms. The molecule has 0 saturated heterocycles. The van der Waals surface area contributed by atoms with Gasteiger partial charge < -0.3 is 9.84 Å². The van der Waals surface area contributed by atoms with Crippen LogP contribution in [0.1, 0.15) is 92.4 Å². The molecule has 0 heterocycles. The predicted octanol–water partition coefficient (Wildman–Crippen LogP) is 6.39. The maximum Gasteiger partial charge on any atom is 0.303 e. The number of nitrogens with zero attached hydrogens (tertiary/aromatic N) is 3. The summed E-state index contributed by atoms with van der Waals surface area (Å²) < 4.78 is 21.4. The second-order valence-corrected chi connectivity index (χ2v) is 12.8. The van der Waals surface area contributed by atoms with E-state index in [1.54, 1.807) is 0 Å². The summed E-state index contributed by atoms with van der Waals surface area (Å²) in [6.07, 6.45) is 4.71.